The van der Waals surface area contributed by atoms with Gasteiger partial charge in [-0.2, -0.15) is 13.4 Å². The Labute approximate surface area is 210 Å². The van der Waals surface area contributed by atoms with Crippen LogP contribution in [-0.4, -0.2) is 54.8 Å². The Morgan fingerprint density at radius 1 is 1.03 bits per heavy atom. The number of aromatic nitrogens is 4. The van der Waals surface area contributed by atoms with E-state index in [4.69, 9.17) is 17.6 Å². The van der Waals surface area contributed by atoms with E-state index in [2.05, 4.69) is 38.9 Å². The lowest BCUT2D eigenvalue weighted by molar-refractivity contribution is 0.135. The SMILES string of the molecule is Cc1c(Oc2ccc(C3COS(=O)(=O)OC3)cc2)ncnc1N1CCC(c2nc(C(C)C)no2)CC1. The van der Waals surface area contributed by atoms with E-state index in [9.17, 15) is 8.42 Å². The van der Waals surface area contributed by atoms with Gasteiger partial charge < -0.3 is 14.2 Å². The third-order valence-corrected chi connectivity index (χ3v) is 7.37. The summed E-state index contributed by atoms with van der Waals surface area (Å²) in [7, 11) is -3.86. The van der Waals surface area contributed by atoms with E-state index in [0.717, 1.165) is 54.6 Å². The first-order valence-electron chi connectivity index (χ1n) is 12.0. The van der Waals surface area contributed by atoms with Gasteiger partial charge in [-0.15, -0.1) is 0 Å². The molecule has 0 aliphatic carbocycles. The molecule has 12 heteroatoms. The van der Waals surface area contributed by atoms with Crippen LogP contribution in [0, 0.1) is 6.92 Å². The standard InChI is InChI=1S/C24H29N5O6S/c1-15(2)21-27-24(35-28-21)18-8-10-29(11-9-18)22-16(3)23(26-14-25-22)34-20-6-4-17(5-7-20)19-12-32-36(30,31)33-13-19/h4-7,14-15,18-19H,8-13H2,1-3H3. The van der Waals surface area contributed by atoms with Gasteiger partial charge in [0.15, 0.2) is 5.82 Å². The Bertz CT molecular complexity index is 1290. The average Bonchev–Trinajstić information content (AvgIpc) is 3.37. The Kier molecular flexibility index (Phi) is 6.91. The van der Waals surface area contributed by atoms with Crippen molar-refractivity contribution in [2.45, 2.75) is 51.4 Å². The van der Waals surface area contributed by atoms with E-state index in [0.29, 0.717) is 11.6 Å². The van der Waals surface area contributed by atoms with Gasteiger partial charge in [0, 0.05) is 30.8 Å². The monoisotopic (exact) mass is 515 g/mol. The number of rotatable bonds is 6. The smallest absolute Gasteiger partial charge is 0.399 e. The van der Waals surface area contributed by atoms with Crippen LogP contribution in [0.2, 0.25) is 0 Å². The number of ether oxygens (including phenoxy) is 1. The van der Waals surface area contributed by atoms with Crippen LogP contribution >= 0.6 is 0 Å². The highest BCUT2D eigenvalue weighted by Crippen LogP contribution is 2.34. The fraction of sp³-hybridized carbons (Fsp3) is 0.500. The Hall–Kier alpha value is -3.09. The molecule has 0 atom stereocenters. The van der Waals surface area contributed by atoms with Crippen molar-refractivity contribution in [3.05, 3.63) is 53.4 Å². The van der Waals surface area contributed by atoms with Crippen LogP contribution in [0.25, 0.3) is 0 Å². The second-order valence-corrected chi connectivity index (χ2v) is 10.7. The van der Waals surface area contributed by atoms with E-state index < -0.39 is 10.4 Å². The molecular weight excluding hydrogens is 486 g/mol. The van der Waals surface area contributed by atoms with Crippen molar-refractivity contribution in [3.63, 3.8) is 0 Å². The molecule has 0 saturated carbocycles. The molecule has 0 amide bonds. The molecule has 36 heavy (non-hydrogen) atoms. The van der Waals surface area contributed by atoms with Crippen molar-refractivity contribution in [1.29, 1.82) is 0 Å². The third-order valence-electron chi connectivity index (χ3n) is 6.52. The van der Waals surface area contributed by atoms with Gasteiger partial charge in [-0.3, -0.25) is 0 Å². The molecule has 0 bridgehead atoms. The maximum atomic E-state index is 11.3. The summed E-state index contributed by atoms with van der Waals surface area (Å²) in [6, 6.07) is 7.38. The topological polar surface area (TPSA) is 130 Å². The predicted molar refractivity (Wildman–Crippen MR) is 129 cm³/mol. The predicted octanol–water partition coefficient (Wildman–Crippen LogP) is 3.84. The summed E-state index contributed by atoms with van der Waals surface area (Å²) in [5, 5.41) is 4.10. The zero-order chi connectivity index (χ0) is 25.3. The lowest BCUT2D eigenvalue weighted by Crippen LogP contribution is -2.34. The first-order chi connectivity index (χ1) is 17.3. The summed E-state index contributed by atoms with van der Waals surface area (Å²) in [6.07, 6.45) is 3.32. The average molecular weight is 516 g/mol. The molecule has 4 heterocycles. The van der Waals surface area contributed by atoms with Gasteiger partial charge in [0.25, 0.3) is 0 Å². The Balaban J connectivity index is 1.22. The van der Waals surface area contributed by atoms with E-state index in [-0.39, 0.29) is 31.0 Å². The molecule has 1 aromatic carbocycles. The van der Waals surface area contributed by atoms with Crippen LogP contribution in [0.3, 0.4) is 0 Å². The molecule has 5 rings (SSSR count). The largest absolute Gasteiger partial charge is 0.439 e. The van der Waals surface area contributed by atoms with Gasteiger partial charge in [-0.05, 0) is 37.5 Å². The first-order valence-corrected chi connectivity index (χ1v) is 13.3. The van der Waals surface area contributed by atoms with Crippen LogP contribution in [-0.2, 0) is 18.8 Å². The molecule has 2 saturated heterocycles. The van der Waals surface area contributed by atoms with Gasteiger partial charge >= 0.3 is 10.4 Å². The number of piperidine rings is 1. The molecular formula is C24H29N5O6S. The van der Waals surface area contributed by atoms with Crippen LogP contribution in [0.5, 0.6) is 11.6 Å². The fourth-order valence-electron chi connectivity index (χ4n) is 4.36. The molecule has 3 aromatic rings. The minimum Gasteiger partial charge on any atom is -0.439 e. The third kappa shape index (κ3) is 5.35. The van der Waals surface area contributed by atoms with Crippen LogP contribution < -0.4 is 9.64 Å². The zero-order valence-corrected chi connectivity index (χ0v) is 21.3. The Morgan fingerprint density at radius 3 is 2.36 bits per heavy atom. The van der Waals surface area contributed by atoms with E-state index in [1.807, 2.05) is 31.2 Å². The molecule has 11 nitrogen and oxygen atoms in total. The summed E-state index contributed by atoms with van der Waals surface area (Å²) >= 11 is 0. The molecule has 2 aromatic heterocycles. The van der Waals surface area contributed by atoms with Crippen molar-refractivity contribution >= 4 is 16.2 Å². The van der Waals surface area contributed by atoms with Gasteiger partial charge in [0.2, 0.25) is 11.8 Å². The molecule has 0 unspecified atom stereocenters. The van der Waals surface area contributed by atoms with Crippen LogP contribution in [0.1, 0.15) is 67.3 Å². The number of anilines is 1. The quantitative estimate of drug-likeness (QED) is 0.474. The first kappa shape index (κ1) is 24.6. The highest BCUT2D eigenvalue weighted by molar-refractivity contribution is 7.81. The van der Waals surface area contributed by atoms with Crippen molar-refractivity contribution in [3.8, 4) is 11.6 Å². The van der Waals surface area contributed by atoms with E-state index >= 15 is 0 Å². The van der Waals surface area contributed by atoms with Crippen LogP contribution in [0.4, 0.5) is 5.82 Å². The highest BCUT2D eigenvalue weighted by Gasteiger charge is 2.28. The summed E-state index contributed by atoms with van der Waals surface area (Å²) < 4.78 is 43.7. The molecule has 2 aliphatic heterocycles. The van der Waals surface area contributed by atoms with Gasteiger partial charge in [0.05, 0.1) is 18.8 Å². The van der Waals surface area contributed by atoms with Crippen LogP contribution in [0.15, 0.2) is 35.1 Å². The lowest BCUT2D eigenvalue weighted by Gasteiger charge is -2.32. The molecule has 0 spiro atoms. The van der Waals surface area contributed by atoms with Crippen molar-refractivity contribution in [1.82, 2.24) is 20.1 Å². The lowest BCUT2D eigenvalue weighted by atomic mass is 9.96. The number of nitrogens with zero attached hydrogens (tertiary/aromatic N) is 5. The minimum absolute atomic E-state index is 0.0546. The number of benzene rings is 1. The highest BCUT2D eigenvalue weighted by atomic mass is 32.3. The van der Waals surface area contributed by atoms with Crippen molar-refractivity contribution in [2.75, 3.05) is 31.2 Å². The van der Waals surface area contributed by atoms with Crippen molar-refractivity contribution < 1.29 is 26.0 Å². The Morgan fingerprint density at radius 2 is 1.72 bits per heavy atom. The number of hydrogen-bond donors (Lipinski definition) is 0. The summed E-state index contributed by atoms with van der Waals surface area (Å²) in [5.41, 5.74) is 1.76. The molecule has 0 radical (unpaired) electrons. The summed E-state index contributed by atoms with van der Waals surface area (Å²) in [6.45, 7) is 7.80. The van der Waals surface area contributed by atoms with E-state index in [1.54, 1.807) is 0 Å². The number of hydrogen-bond acceptors (Lipinski definition) is 11. The van der Waals surface area contributed by atoms with Gasteiger partial charge in [-0.25, -0.2) is 18.3 Å². The summed E-state index contributed by atoms with van der Waals surface area (Å²) in [5.74, 6) is 3.76. The van der Waals surface area contributed by atoms with Crippen molar-refractivity contribution in [2.24, 2.45) is 0 Å². The molecule has 192 valence electrons. The molecule has 2 aliphatic rings. The normalized spacial score (nSPS) is 19.1. The van der Waals surface area contributed by atoms with Gasteiger partial charge in [0.1, 0.15) is 17.9 Å². The second-order valence-electron chi connectivity index (χ2n) is 9.38. The fourth-order valence-corrected chi connectivity index (χ4v) is 5.09. The maximum Gasteiger partial charge on any atom is 0.399 e. The minimum atomic E-state index is -3.86. The molecule has 0 N–H and O–H groups in total. The summed E-state index contributed by atoms with van der Waals surface area (Å²) in [4.78, 5) is 15.7. The second kappa shape index (κ2) is 10.1. The maximum absolute atomic E-state index is 11.3. The molecule has 2 fully saturated rings. The van der Waals surface area contributed by atoms with E-state index in [1.165, 1.54) is 6.33 Å². The zero-order valence-electron chi connectivity index (χ0n) is 20.5. The van der Waals surface area contributed by atoms with Gasteiger partial charge in [-0.1, -0.05) is 31.1 Å².